The smallest absolute Gasteiger partial charge is 0.181 e. The number of rotatable bonds is 2. The second-order valence-corrected chi connectivity index (χ2v) is 7.70. The van der Waals surface area contributed by atoms with Crippen LogP contribution in [0, 0.1) is 0 Å². The van der Waals surface area contributed by atoms with Gasteiger partial charge in [0, 0.05) is 34.9 Å². The Morgan fingerprint density at radius 3 is 2.60 bits per heavy atom. The standard InChI is InChI=1S/C14H18N4S2/c1-14(2,3)13-17-10(7-20-13)12-16-9-6-19-5-8(9)11(15-4)18-12/h7H,5-6H2,1-4H3,(H,15,16,18). The molecule has 0 radical (unpaired) electrons. The maximum absolute atomic E-state index is 4.71. The van der Waals surface area contributed by atoms with Crippen molar-refractivity contribution in [3.8, 4) is 11.5 Å². The molecule has 0 unspecified atom stereocenters. The quantitative estimate of drug-likeness (QED) is 0.917. The van der Waals surface area contributed by atoms with Crippen LogP contribution in [0.1, 0.15) is 37.0 Å². The summed E-state index contributed by atoms with van der Waals surface area (Å²) in [5.74, 6) is 3.65. The first-order valence-electron chi connectivity index (χ1n) is 6.60. The van der Waals surface area contributed by atoms with Gasteiger partial charge in [-0.15, -0.1) is 11.3 Å². The van der Waals surface area contributed by atoms with E-state index in [4.69, 9.17) is 9.97 Å². The topological polar surface area (TPSA) is 50.7 Å². The summed E-state index contributed by atoms with van der Waals surface area (Å²) < 4.78 is 0. The van der Waals surface area contributed by atoms with Crippen LogP contribution in [0.4, 0.5) is 5.82 Å². The molecule has 0 atom stereocenters. The van der Waals surface area contributed by atoms with Gasteiger partial charge < -0.3 is 5.32 Å². The van der Waals surface area contributed by atoms with E-state index in [1.54, 1.807) is 11.3 Å². The van der Waals surface area contributed by atoms with Crippen LogP contribution in [-0.4, -0.2) is 22.0 Å². The highest BCUT2D eigenvalue weighted by molar-refractivity contribution is 7.98. The van der Waals surface area contributed by atoms with Crippen molar-refractivity contribution in [2.45, 2.75) is 37.7 Å². The van der Waals surface area contributed by atoms with Crippen LogP contribution in [0.5, 0.6) is 0 Å². The van der Waals surface area contributed by atoms with Crippen molar-refractivity contribution in [1.82, 2.24) is 15.0 Å². The Bertz CT molecular complexity index is 643. The molecule has 0 spiro atoms. The lowest BCUT2D eigenvalue weighted by atomic mass is 9.98. The van der Waals surface area contributed by atoms with Gasteiger partial charge in [-0.1, -0.05) is 20.8 Å². The summed E-state index contributed by atoms with van der Waals surface area (Å²) in [6.45, 7) is 6.53. The Kier molecular flexibility index (Phi) is 3.46. The molecule has 0 aromatic carbocycles. The minimum absolute atomic E-state index is 0.0708. The first-order valence-corrected chi connectivity index (χ1v) is 8.64. The SMILES string of the molecule is CNc1nc(-c2csc(C(C)(C)C)n2)nc2c1CSC2. The highest BCUT2D eigenvalue weighted by Crippen LogP contribution is 2.35. The van der Waals surface area contributed by atoms with Crippen LogP contribution >= 0.6 is 23.1 Å². The molecule has 2 aromatic heterocycles. The fourth-order valence-electron chi connectivity index (χ4n) is 2.09. The third-order valence-electron chi connectivity index (χ3n) is 3.19. The zero-order valence-electron chi connectivity index (χ0n) is 12.1. The number of hydrogen-bond acceptors (Lipinski definition) is 6. The molecule has 4 nitrogen and oxygen atoms in total. The van der Waals surface area contributed by atoms with Crippen LogP contribution in [0.25, 0.3) is 11.5 Å². The number of aromatic nitrogens is 3. The van der Waals surface area contributed by atoms with Crippen molar-refractivity contribution < 1.29 is 0 Å². The Hall–Kier alpha value is -1.14. The molecule has 1 N–H and O–H groups in total. The normalized spacial score (nSPS) is 14.4. The molecule has 3 rings (SSSR count). The molecule has 20 heavy (non-hydrogen) atoms. The van der Waals surface area contributed by atoms with Crippen LogP contribution in [-0.2, 0) is 16.9 Å². The number of nitrogens with one attached hydrogen (secondary N) is 1. The number of anilines is 1. The molecule has 1 aliphatic rings. The zero-order chi connectivity index (χ0) is 14.3. The van der Waals surface area contributed by atoms with Gasteiger partial charge in [-0.3, -0.25) is 0 Å². The number of fused-ring (bicyclic) bond motifs is 1. The number of hydrogen-bond donors (Lipinski definition) is 1. The Balaban J connectivity index is 2.05. The van der Waals surface area contributed by atoms with E-state index in [1.165, 1.54) is 5.56 Å². The summed E-state index contributed by atoms with van der Waals surface area (Å²) in [6.07, 6.45) is 0. The third-order valence-corrected chi connectivity index (χ3v) is 5.43. The highest BCUT2D eigenvalue weighted by Gasteiger charge is 2.22. The molecule has 1 aliphatic heterocycles. The van der Waals surface area contributed by atoms with Gasteiger partial charge in [0.1, 0.15) is 11.5 Å². The monoisotopic (exact) mass is 306 g/mol. The first-order chi connectivity index (χ1) is 9.49. The number of nitrogens with zero attached hydrogens (tertiary/aromatic N) is 3. The molecule has 0 fully saturated rings. The highest BCUT2D eigenvalue weighted by atomic mass is 32.2. The van der Waals surface area contributed by atoms with Crippen LogP contribution < -0.4 is 5.32 Å². The maximum atomic E-state index is 4.71. The fourth-order valence-corrected chi connectivity index (χ4v) is 4.02. The molecule has 6 heteroatoms. The van der Waals surface area contributed by atoms with Gasteiger partial charge >= 0.3 is 0 Å². The van der Waals surface area contributed by atoms with Crippen LogP contribution in [0.3, 0.4) is 0 Å². The molecule has 0 amide bonds. The van der Waals surface area contributed by atoms with E-state index in [9.17, 15) is 0 Å². The Labute approximate surface area is 127 Å². The van der Waals surface area contributed by atoms with E-state index in [0.717, 1.165) is 39.5 Å². The second-order valence-electron chi connectivity index (χ2n) is 5.85. The first kappa shape index (κ1) is 13.8. The van der Waals surface area contributed by atoms with Gasteiger partial charge in [0.2, 0.25) is 0 Å². The van der Waals surface area contributed by atoms with E-state index in [2.05, 4.69) is 36.5 Å². The molecule has 106 valence electrons. The van der Waals surface area contributed by atoms with E-state index in [-0.39, 0.29) is 5.41 Å². The summed E-state index contributed by atoms with van der Waals surface area (Å²) in [6, 6.07) is 0. The van der Waals surface area contributed by atoms with Crippen molar-refractivity contribution in [1.29, 1.82) is 0 Å². The second kappa shape index (κ2) is 5.00. The summed E-state index contributed by atoms with van der Waals surface area (Å²) in [7, 11) is 1.91. The lowest BCUT2D eigenvalue weighted by Gasteiger charge is -2.13. The third kappa shape index (κ3) is 2.42. The minimum Gasteiger partial charge on any atom is -0.373 e. The van der Waals surface area contributed by atoms with E-state index >= 15 is 0 Å². The van der Waals surface area contributed by atoms with Crippen LogP contribution in [0.15, 0.2) is 5.38 Å². The van der Waals surface area contributed by atoms with Crippen molar-refractivity contribution in [3.63, 3.8) is 0 Å². The van der Waals surface area contributed by atoms with Crippen molar-refractivity contribution >= 4 is 28.9 Å². The van der Waals surface area contributed by atoms with E-state index in [1.807, 2.05) is 18.8 Å². The molecule has 0 bridgehead atoms. The average Bonchev–Trinajstić information content (AvgIpc) is 3.05. The van der Waals surface area contributed by atoms with Gasteiger partial charge in [-0.25, -0.2) is 15.0 Å². The van der Waals surface area contributed by atoms with Gasteiger partial charge in [-0.05, 0) is 0 Å². The molecule has 0 saturated carbocycles. The summed E-state index contributed by atoms with van der Waals surface area (Å²) in [5.41, 5.74) is 3.35. The zero-order valence-corrected chi connectivity index (χ0v) is 13.8. The maximum Gasteiger partial charge on any atom is 0.181 e. The van der Waals surface area contributed by atoms with Gasteiger partial charge in [0.25, 0.3) is 0 Å². The van der Waals surface area contributed by atoms with Crippen LogP contribution in [0.2, 0.25) is 0 Å². The van der Waals surface area contributed by atoms with Gasteiger partial charge in [0.05, 0.1) is 10.7 Å². The number of thiazole rings is 1. The Morgan fingerprint density at radius 2 is 1.95 bits per heavy atom. The molecule has 0 aliphatic carbocycles. The van der Waals surface area contributed by atoms with E-state index in [0.29, 0.717) is 0 Å². The Morgan fingerprint density at radius 1 is 1.15 bits per heavy atom. The largest absolute Gasteiger partial charge is 0.373 e. The number of thioether (sulfide) groups is 1. The van der Waals surface area contributed by atoms with Crippen molar-refractivity contribution in [3.05, 3.63) is 21.6 Å². The molecule has 3 heterocycles. The lowest BCUT2D eigenvalue weighted by Crippen LogP contribution is -2.10. The molecule has 2 aromatic rings. The van der Waals surface area contributed by atoms with Crippen molar-refractivity contribution in [2.75, 3.05) is 12.4 Å². The predicted molar refractivity (Wildman–Crippen MR) is 86.4 cm³/mol. The average molecular weight is 306 g/mol. The predicted octanol–water partition coefficient (Wildman–Crippen LogP) is 3.69. The lowest BCUT2D eigenvalue weighted by molar-refractivity contribution is 0.586. The summed E-state index contributed by atoms with van der Waals surface area (Å²) in [4.78, 5) is 14.0. The molecular formula is C14H18N4S2. The van der Waals surface area contributed by atoms with Gasteiger partial charge in [0.15, 0.2) is 5.82 Å². The summed E-state index contributed by atoms with van der Waals surface area (Å²) in [5, 5.41) is 6.37. The van der Waals surface area contributed by atoms with Crippen molar-refractivity contribution in [2.24, 2.45) is 0 Å². The molecular weight excluding hydrogens is 288 g/mol. The van der Waals surface area contributed by atoms with E-state index < -0.39 is 0 Å². The minimum atomic E-state index is 0.0708. The summed E-state index contributed by atoms with van der Waals surface area (Å²) >= 11 is 3.57. The molecule has 0 saturated heterocycles. The van der Waals surface area contributed by atoms with Gasteiger partial charge in [-0.2, -0.15) is 11.8 Å². The fraction of sp³-hybridized carbons (Fsp3) is 0.500.